The molecule has 26 heavy (non-hydrogen) atoms. The van der Waals surface area contributed by atoms with E-state index in [-0.39, 0.29) is 29.6 Å². The Morgan fingerprint density at radius 3 is 2.69 bits per heavy atom. The molecule has 0 saturated carbocycles. The zero-order chi connectivity index (χ0) is 17.7. The van der Waals surface area contributed by atoms with Crippen molar-refractivity contribution in [3.05, 3.63) is 23.8 Å². The predicted molar refractivity (Wildman–Crippen MR) is 111 cm³/mol. The average molecular weight is 477 g/mol. The second-order valence-corrected chi connectivity index (χ2v) is 6.44. The molecular formula is C18H28IN3O4. The molecule has 0 atom stereocenters. The van der Waals surface area contributed by atoms with Gasteiger partial charge in [0, 0.05) is 60.4 Å². The van der Waals surface area contributed by atoms with Crippen molar-refractivity contribution in [1.29, 1.82) is 0 Å². The topological polar surface area (TPSA) is 64.6 Å². The zero-order valence-corrected chi connectivity index (χ0v) is 17.9. The van der Waals surface area contributed by atoms with Crippen molar-refractivity contribution >= 4 is 29.9 Å². The molecule has 2 heterocycles. The monoisotopic (exact) mass is 477 g/mol. The van der Waals surface area contributed by atoms with Gasteiger partial charge in [0.1, 0.15) is 0 Å². The van der Waals surface area contributed by atoms with E-state index in [1.807, 2.05) is 25.2 Å². The summed E-state index contributed by atoms with van der Waals surface area (Å²) >= 11 is 0. The molecule has 0 radical (unpaired) electrons. The van der Waals surface area contributed by atoms with E-state index in [0.29, 0.717) is 13.3 Å². The zero-order valence-electron chi connectivity index (χ0n) is 15.6. The number of nitrogens with zero attached hydrogens (tertiary/aromatic N) is 2. The van der Waals surface area contributed by atoms with Gasteiger partial charge in [-0.2, -0.15) is 0 Å². The molecule has 0 amide bonds. The highest BCUT2D eigenvalue weighted by molar-refractivity contribution is 14.0. The number of aliphatic imine (C=N–C) groups is 1. The van der Waals surface area contributed by atoms with E-state index < -0.39 is 0 Å². The summed E-state index contributed by atoms with van der Waals surface area (Å²) in [5.74, 6) is 2.44. The standard InChI is InChI=1S/C18H27N3O4.HI/c1-19-17(20-12-18(22-3)6-8-23-9-7-18)21(2)11-14-4-5-15-16(10-14)25-13-24-15;/h4-5,10H,6-9,11-13H2,1-3H3,(H,19,20);1H. The lowest BCUT2D eigenvalue weighted by Gasteiger charge is -2.37. The maximum absolute atomic E-state index is 5.78. The number of rotatable bonds is 5. The van der Waals surface area contributed by atoms with Crippen LogP contribution in [0.25, 0.3) is 0 Å². The fourth-order valence-electron chi connectivity index (χ4n) is 3.21. The van der Waals surface area contributed by atoms with Gasteiger partial charge in [-0.15, -0.1) is 24.0 Å². The molecule has 1 saturated heterocycles. The highest BCUT2D eigenvalue weighted by Gasteiger charge is 2.32. The van der Waals surface area contributed by atoms with Gasteiger partial charge < -0.3 is 29.2 Å². The largest absolute Gasteiger partial charge is 0.454 e. The minimum absolute atomic E-state index is 0. The smallest absolute Gasteiger partial charge is 0.231 e. The van der Waals surface area contributed by atoms with Gasteiger partial charge in [0.25, 0.3) is 0 Å². The van der Waals surface area contributed by atoms with Crippen molar-refractivity contribution < 1.29 is 18.9 Å². The van der Waals surface area contributed by atoms with Gasteiger partial charge in [0.15, 0.2) is 17.5 Å². The first kappa shape index (κ1) is 21.0. The van der Waals surface area contributed by atoms with E-state index >= 15 is 0 Å². The molecule has 1 aromatic carbocycles. The Balaban J connectivity index is 0.00000243. The van der Waals surface area contributed by atoms with Gasteiger partial charge in [0.05, 0.1) is 5.60 Å². The third kappa shape index (κ3) is 4.92. The van der Waals surface area contributed by atoms with Crippen LogP contribution in [0.3, 0.4) is 0 Å². The minimum atomic E-state index is -0.187. The first-order valence-corrected chi connectivity index (χ1v) is 8.59. The molecule has 2 aliphatic heterocycles. The van der Waals surface area contributed by atoms with Crippen molar-refractivity contribution in [2.45, 2.75) is 25.0 Å². The molecule has 0 spiro atoms. The van der Waals surface area contributed by atoms with Crippen molar-refractivity contribution in [2.24, 2.45) is 4.99 Å². The lowest BCUT2D eigenvalue weighted by Crippen LogP contribution is -2.50. The summed E-state index contributed by atoms with van der Waals surface area (Å²) in [4.78, 5) is 6.48. The lowest BCUT2D eigenvalue weighted by atomic mass is 9.94. The van der Waals surface area contributed by atoms with Crippen LogP contribution >= 0.6 is 24.0 Å². The molecule has 0 aliphatic carbocycles. The van der Waals surface area contributed by atoms with Crippen LogP contribution in [-0.4, -0.2) is 64.2 Å². The van der Waals surface area contributed by atoms with Crippen LogP contribution < -0.4 is 14.8 Å². The SMILES string of the molecule is CN=C(NCC1(OC)CCOCC1)N(C)Cc1ccc2c(c1)OCO2.I. The summed E-state index contributed by atoms with van der Waals surface area (Å²) in [6.07, 6.45) is 1.78. The number of benzene rings is 1. The van der Waals surface area contributed by atoms with Gasteiger partial charge >= 0.3 is 0 Å². The molecule has 1 N–H and O–H groups in total. The van der Waals surface area contributed by atoms with Crippen LogP contribution in [0.4, 0.5) is 0 Å². The van der Waals surface area contributed by atoms with Crippen LogP contribution in [0, 0.1) is 0 Å². The number of fused-ring (bicyclic) bond motifs is 1. The Hall–Kier alpha value is -1.26. The van der Waals surface area contributed by atoms with Crippen LogP contribution in [-0.2, 0) is 16.0 Å². The highest BCUT2D eigenvalue weighted by Crippen LogP contribution is 2.32. The molecule has 7 nitrogen and oxygen atoms in total. The molecule has 0 aromatic heterocycles. The maximum Gasteiger partial charge on any atom is 0.231 e. The number of halogens is 1. The number of hydrogen-bond acceptors (Lipinski definition) is 5. The van der Waals surface area contributed by atoms with Crippen molar-refractivity contribution in [3.63, 3.8) is 0 Å². The summed E-state index contributed by atoms with van der Waals surface area (Å²) in [6, 6.07) is 6.01. The summed E-state index contributed by atoms with van der Waals surface area (Å²) in [5.41, 5.74) is 0.954. The number of methoxy groups -OCH3 is 1. The van der Waals surface area contributed by atoms with E-state index in [9.17, 15) is 0 Å². The minimum Gasteiger partial charge on any atom is -0.454 e. The molecule has 0 bridgehead atoms. The van der Waals surface area contributed by atoms with E-state index in [1.165, 1.54) is 0 Å². The van der Waals surface area contributed by atoms with E-state index in [4.69, 9.17) is 18.9 Å². The first-order valence-electron chi connectivity index (χ1n) is 8.59. The van der Waals surface area contributed by atoms with Gasteiger partial charge in [-0.1, -0.05) is 6.07 Å². The van der Waals surface area contributed by atoms with Crippen LogP contribution in [0.2, 0.25) is 0 Å². The Labute approximate surface area is 172 Å². The third-order valence-corrected chi connectivity index (χ3v) is 4.84. The molecule has 0 unspecified atom stereocenters. The van der Waals surface area contributed by atoms with Gasteiger partial charge in [0.2, 0.25) is 6.79 Å². The summed E-state index contributed by atoms with van der Waals surface area (Å²) in [5, 5.41) is 3.44. The molecule has 8 heteroatoms. The fraction of sp³-hybridized carbons (Fsp3) is 0.611. The Morgan fingerprint density at radius 2 is 2.00 bits per heavy atom. The molecule has 3 rings (SSSR count). The van der Waals surface area contributed by atoms with E-state index in [1.54, 1.807) is 14.2 Å². The van der Waals surface area contributed by atoms with Crippen molar-refractivity contribution in [2.75, 3.05) is 47.8 Å². The molecule has 2 aliphatic rings. The van der Waals surface area contributed by atoms with E-state index in [2.05, 4.69) is 15.2 Å². The van der Waals surface area contributed by atoms with E-state index in [0.717, 1.165) is 55.6 Å². The maximum atomic E-state index is 5.78. The second kappa shape index (κ2) is 9.61. The van der Waals surface area contributed by atoms with Crippen LogP contribution in [0.1, 0.15) is 18.4 Å². The van der Waals surface area contributed by atoms with Gasteiger partial charge in [-0.3, -0.25) is 4.99 Å². The van der Waals surface area contributed by atoms with Crippen LogP contribution in [0.15, 0.2) is 23.2 Å². The summed E-state index contributed by atoms with van der Waals surface area (Å²) in [7, 11) is 5.58. The fourth-order valence-corrected chi connectivity index (χ4v) is 3.21. The van der Waals surface area contributed by atoms with Gasteiger partial charge in [-0.05, 0) is 17.7 Å². The first-order chi connectivity index (χ1) is 12.2. The predicted octanol–water partition coefficient (Wildman–Crippen LogP) is 2.24. The number of ether oxygens (including phenoxy) is 4. The molecule has 1 fully saturated rings. The second-order valence-electron chi connectivity index (χ2n) is 6.44. The summed E-state index contributed by atoms with van der Waals surface area (Å²) < 4.78 is 22.0. The quantitative estimate of drug-likeness (QED) is 0.399. The summed E-state index contributed by atoms with van der Waals surface area (Å²) in [6.45, 7) is 3.20. The molecule has 146 valence electrons. The van der Waals surface area contributed by atoms with Crippen molar-refractivity contribution in [1.82, 2.24) is 10.2 Å². The van der Waals surface area contributed by atoms with Crippen LogP contribution in [0.5, 0.6) is 11.5 Å². The Morgan fingerprint density at radius 1 is 1.27 bits per heavy atom. The van der Waals surface area contributed by atoms with Crippen molar-refractivity contribution in [3.8, 4) is 11.5 Å². The Bertz CT molecular complexity index is 620. The molecule has 1 aromatic rings. The lowest BCUT2D eigenvalue weighted by molar-refractivity contribution is -0.0857. The average Bonchev–Trinajstić information content (AvgIpc) is 3.11. The van der Waals surface area contributed by atoms with Gasteiger partial charge in [-0.25, -0.2) is 0 Å². The molecular weight excluding hydrogens is 449 g/mol. The highest BCUT2D eigenvalue weighted by atomic mass is 127. The third-order valence-electron chi connectivity index (χ3n) is 4.84. The number of guanidine groups is 1. The normalized spacial score (nSPS) is 18.2. The number of nitrogens with one attached hydrogen (secondary N) is 1. The number of hydrogen-bond donors (Lipinski definition) is 1. The Kier molecular flexibility index (Phi) is 7.78.